The molecule has 1 atom stereocenters. The highest BCUT2D eigenvalue weighted by atomic mass is 16.4. The number of carbonyl (C=O) groups is 2. The fraction of sp³-hybridized carbons (Fsp3) is 0.385. The van der Waals surface area contributed by atoms with E-state index in [2.05, 4.69) is 10.6 Å². The monoisotopic (exact) mass is 248 g/mol. The van der Waals surface area contributed by atoms with E-state index in [1.807, 2.05) is 24.3 Å². The lowest BCUT2D eigenvalue weighted by atomic mass is 10.0. The average molecular weight is 248 g/mol. The summed E-state index contributed by atoms with van der Waals surface area (Å²) in [5, 5.41) is 14.6. The first kappa shape index (κ1) is 12.4. The molecule has 1 aliphatic rings. The van der Waals surface area contributed by atoms with E-state index in [0.29, 0.717) is 6.42 Å². The highest BCUT2D eigenvalue weighted by Gasteiger charge is 2.34. The van der Waals surface area contributed by atoms with E-state index in [1.54, 1.807) is 0 Å². The van der Waals surface area contributed by atoms with Crippen molar-refractivity contribution in [1.29, 1.82) is 0 Å². The third-order valence-electron chi connectivity index (χ3n) is 3.06. The number of amides is 1. The van der Waals surface area contributed by atoms with E-state index in [0.717, 1.165) is 11.3 Å². The van der Waals surface area contributed by atoms with E-state index >= 15 is 0 Å². The molecular weight excluding hydrogens is 232 g/mol. The summed E-state index contributed by atoms with van der Waals surface area (Å²) >= 11 is 0. The number of carboxylic acids is 1. The van der Waals surface area contributed by atoms with Crippen molar-refractivity contribution in [2.24, 2.45) is 0 Å². The number of fused-ring (bicyclic) bond motifs is 1. The van der Waals surface area contributed by atoms with E-state index in [4.69, 9.17) is 5.11 Å². The Hall–Kier alpha value is -2.04. The molecule has 2 rings (SSSR count). The van der Waals surface area contributed by atoms with Gasteiger partial charge in [-0.15, -0.1) is 0 Å². The van der Waals surface area contributed by atoms with Crippen molar-refractivity contribution in [3.05, 3.63) is 29.8 Å². The van der Waals surface area contributed by atoms with Gasteiger partial charge in [0.25, 0.3) is 0 Å². The Kier molecular flexibility index (Phi) is 2.98. The number of carboxylic acid groups (broad SMARTS) is 1. The van der Waals surface area contributed by atoms with Gasteiger partial charge in [-0.2, -0.15) is 0 Å². The fourth-order valence-corrected chi connectivity index (χ4v) is 1.90. The Morgan fingerprint density at radius 3 is 2.67 bits per heavy atom. The van der Waals surface area contributed by atoms with Crippen LogP contribution in [0.3, 0.4) is 0 Å². The second-order valence-electron chi connectivity index (χ2n) is 4.98. The van der Waals surface area contributed by atoms with Crippen molar-refractivity contribution in [3.63, 3.8) is 0 Å². The van der Waals surface area contributed by atoms with Crippen LogP contribution in [0.1, 0.15) is 19.4 Å². The molecule has 0 spiro atoms. The van der Waals surface area contributed by atoms with E-state index in [-0.39, 0.29) is 5.91 Å². The summed E-state index contributed by atoms with van der Waals surface area (Å²) in [4.78, 5) is 23.0. The number of hydrogen-bond donors (Lipinski definition) is 3. The first-order valence-corrected chi connectivity index (χ1v) is 5.80. The topological polar surface area (TPSA) is 78.4 Å². The molecule has 96 valence electrons. The van der Waals surface area contributed by atoms with Crippen LogP contribution in [0.2, 0.25) is 0 Å². The molecule has 5 heteroatoms. The van der Waals surface area contributed by atoms with Gasteiger partial charge in [0, 0.05) is 12.1 Å². The average Bonchev–Trinajstić information content (AvgIpc) is 2.71. The van der Waals surface area contributed by atoms with Crippen molar-refractivity contribution in [2.45, 2.75) is 31.8 Å². The van der Waals surface area contributed by atoms with E-state index in [9.17, 15) is 9.59 Å². The SMILES string of the molecule is CC(C)(NC(=O)C1Cc2ccccc2N1)C(=O)O. The number of nitrogens with one attached hydrogen (secondary N) is 2. The van der Waals surface area contributed by atoms with Gasteiger partial charge in [0.05, 0.1) is 0 Å². The molecule has 0 aliphatic carbocycles. The molecule has 0 radical (unpaired) electrons. The van der Waals surface area contributed by atoms with Gasteiger partial charge < -0.3 is 15.7 Å². The third kappa shape index (κ3) is 2.30. The van der Waals surface area contributed by atoms with Gasteiger partial charge in [-0.3, -0.25) is 4.79 Å². The van der Waals surface area contributed by atoms with Crippen LogP contribution in [0, 0.1) is 0 Å². The van der Waals surface area contributed by atoms with Crippen molar-refractivity contribution in [3.8, 4) is 0 Å². The number of anilines is 1. The maximum Gasteiger partial charge on any atom is 0.328 e. The summed E-state index contributed by atoms with van der Waals surface area (Å²) in [6, 6.07) is 7.28. The van der Waals surface area contributed by atoms with Crippen LogP contribution < -0.4 is 10.6 Å². The number of benzene rings is 1. The first-order chi connectivity index (χ1) is 8.40. The number of aliphatic carboxylic acids is 1. The summed E-state index contributed by atoms with van der Waals surface area (Å²) in [5.41, 5.74) is 0.754. The van der Waals surface area contributed by atoms with Gasteiger partial charge in [-0.25, -0.2) is 4.79 Å². The zero-order chi connectivity index (χ0) is 13.3. The van der Waals surface area contributed by atoms with Crippen LogP contribution in [0.25, 0.3) is 0 Å². The van der Waals surface area contributed by atoms with Crippen LogP contribution >= 0.6 is 0 Å². The normalized spacial score (nSPS) is 17.8. The Bertz CT molecular complexity index is 472. The molecular formula is C13H16N2O3. The molecule has 1 unspecified atom stereocenters. The lowest BCUT2D eigenvalue weighted by Gasteiger charge is -2.23. The second kappa shape index (κ2) is 4.33. The Morgan fingerprint density at radius 2 is 2.06 bits per heavy atom. The molecule has 3 N–H and O–H groups in total. The maximum absolute atomic E-state index is 12.0. The van der Waals surface area contributed by atoms with Gasteiger partial charge in [-0.1, -0.05) is 18.2 Å². The van der Waals surface area contributed by atoms with Gasteiger partial charge in [0.1, 0.15) is 11.6 Å². The molecule has 0 aromatic heterocycles. The number of hydrogen-bond acceptors (Lipinski definition) is 3. The van der Waals surface area contributed by atoms with Crippen molar-refractivity contribution >= 4 is 17.6 Å². The lowest BCUT2D eigenvalue weighted by molar-refractivity contribution is -0.146. The van der Waals surface area contributed by atoms with E-state index in [1.165, 1.54) is 13.8 Å². The highest BCUT2D eigenvalue weighted by molar-refractivity contribution is 5.92. The molecule has 0 saturated carbocycles. The maximum atomic E-state index is 12.0. The lowest BCUT2D eigenvalue weighted by Crippen LogP contribution is -2.53. The predicted octanol–water partition coefficient (Wildman–Crippen LogP) is 1.00. The molecule has 18 heavy (non-hydrogen) atoms. The minimum Gasteiger partial charge on any atom is -0.480 e. The third-order valence-corrected chi connectivity index (χ3v) is 3.06. The summed E-state index contributed by atoms with van der Waals surface area (Å²) in [6.45, 7) is 2.94. The number of rotatable bonds is 3. The molecule has 0 fully saturated rings. The van der Waals surface area contributed by atoms with Gasteiger partial charge >= 0.3 is 5.97 Å². The Morgan fingerprint density at radius 1 is 1.39 bits per heavy atom. The van der Waals surface area contributed by atoms with Crippen molar-refractivity contribution in [1.82, 2.24) is 5.32 Å². The summed E-state index contributed by atoms with van der Waals surface area (Å²) in [6.07, 6.45) is 0.581. The van der Waals surface area contributed by atoms with Gasteiger partial charge in [0.15, 0.2) is 0 Å². The second-order valence-corrected chi connectivity index (χ2v) is 4.98. The molecule has 0 saturated heterocycles. The molecule has 1 amide bonds. The molecule has 1 heterocycles. The fourth-order valence-electron chi connectivity index (χ4n) is 1.90. The Labute approximate surface area is 105 Å². The van der Waals surface area contributed by atoms with Crippen LogP contribution in [-0.2, 0) is 16.0 Å². The number of para-hydroxylation sites is 1. The minimum absolute atomic E-state index is 0.293. The van der Waals surface area contributed by atoms with Crippen molar-refractivity contribution < 1.29 is 14.7 Å². The van der Waals surface area contributed by atoms with Crippen molar-refractivity contribution in [2.75, 3.05) is 5.32 Å². The molecule has 1 aromatic rings. The standard InChI is InChI=1S/C13H16N2O3/c1-13(2,12(17)18)15-11(16)10-7-8-5-3-4-6-9(8)14-10/h3-6,10,14H,7H2,1-2H3,(H,15,16)(H,17,18). The first-order valence-electron chi connectivity index (χ1n) is 5.80. The zero-order valence-electron chi connectivity index (χ0n) is 10.4. The largest absolute Gasteiger partial charge is 0.480 e. The molecule has 1 aromatic carbocycles. The molecule has 0 bridgehead atoms. The minimum atomic E-state index is -1.26. The van der Waals surface area contributed by atoms with E-state index < -0.39 is 17.6 Å². The quantitative estimate of drug-likeness (QED) is 0.745. The van der Waals surface area contributed by atoms with Crippen LogP contribution in [-0.4, -0.2) is 28.6 Å². The summed E-state index contributed by atoms with van der Waals surface area (Å²) < 4.78 is 0. The highest BCUT2D eigenvalue weighted by Crippen LogP contribution is 2.25. The summed E-state index contributed by atoms with van der Waals surface area (Å²) in [7, 11) is 0. The van der Waals surface area contributed by atoms with Crippen LogP contribution in [0.15, 0.2) is 24.3 Å². The van der Waals surface area contributed by atoms with Gasteiger partial charge in [-0.05, 0) is 25.5 Å². The summed E-state index contributed by atoms with van der Waals surface area (Å²) in [5.74, 6) is -1.34. The molecule has 1 aliphatic heterocycles. The molecule has 5 nitrogen and oxygen atoms in total. The Balaban J connectivity index is 2.04. The van der Waals surface area contributed by atoms with Crippen LogP contribution in [0.4, 0.5) is 5.69 Å². The number of carbonyl (C=O) groups excluding carboxylic acids is 1. The smallest absolute Gasteiger partial charge is 0.328 e. The predicted molar refractivity (Wildman–Crippen MR) is 67.4 cm³/mol. The zero-order valence-corrected chi connectivity index (χ0v) is 10.4. The van der Waals surface area contributed by atoms with Gasteiger partial charge in [0.2, 0.25) is 5.91 Å². The van der Waals surface area contributed by atoms with Crippen LogP contribution in [0.5, 0.6) is 0 Å².